The highest BCUT2D eigenvalue weighted by Gasteiger charge is 2.32. The molecule has 0 aliphatic heterocycles. The summed E-state index contributed by atoms with van der Waals surface area (Å²) in [5.41, 5.74) is -1.35. The summed E-state index contributed by atoms with van der Waals surface area (Å²) in [7, 11) is 1.91. The first-order chi connectivity index (χ1) is 15.6. The predicted molar refractivity (Wildman–Crippen MR) is 123 cm³/mol. The van der Waals surface area contributed by atoms with Crippen LogP contribution < -0.4 is 10.2 Å². The van der Waals surface area contributed by atoms with E-state index in [4.69, 9.17) is 4.74 Å². The Morgan fingerprint density at radius 2 is 1.82 bits per heavy atom. The summed E-state index contributed by atoms with van der Waals surface area (Å²) in [6.07, 6.45) is -1.27. The lowest BCUT2D eigenvalue weighted by molar-refractivity contribution is -0.137. The molecule has 0 saturated heterocycles. The van der Waals surface area contributed by atoms with E-state index >= 15 is 0 Å². The molecule has 1 aliphatic carbocycles. The lowest BCUT2D eigenvalue weighted by atomic mass is 9.85. The number of halogens is 3. The van der Waals surface area contributed by atoms with Crippen LogP contribution in [-0.2, 0) is 25.2 Å². The molecule has 2 aromatic rings. The summed E-state index contributed by atoms with van der Waals surface area (Å²) in [5.74, 6) is -0.402. The number of amides is 1. The molecule has 1 saturated carbocycles. The molecule has 1 heterocycles. The van der Waals surface area contributed by atoms with Gasteiger partial charge in [0.05, 0.1) is 16.7 Å². The molecule has 0 unspecified atom stereocenters. The number of carbonyl (C=O) groups is 1. The van der Waals surface area contributed by atoms with Crippen LogP contribution in [0.5, 0.6) is 5.75 Å². The van der Waals surface area contributed by atoms with Gasteiger partial charge >= 0.3 is 6.18 Å². The number of ether oxygens (including phenoxy) is 1. The van der Waals surface area contributed by atoms with Gasteiger partial charge in [-0.1, -0.05) is 27.2 Å². The van der Waals surface area contributed by atoms with Gasteiger partial charge in [0.1, 0.15) is 12.4 Å². The van der Waals surface area contributed by atoms with E-state index in [1.807, 2.05) is 22.5 Å². The molecule has 0 spiro atoms. The van der Waals surface area contributed by atoms with Crippen molar-refractivity contribution in [2.75, 3.05) is 6.61 Å². The van der Waals surface area contributed by atoms with Crippen molar-refractivity contribution in [3.63, 3.8) is 0 Å². The molecule has 1 aliphatic rings. The van der Waals surface area contributed by atoms with Crippen molar-refractivity contribution in [1.82, 2.24) is 9.36 Å². The number of rotatable bonds is 6. The molecule has 1 aromatic carbocycles. The van der Waals surface area contributed by atoms with E-state index in [1.165, 1.54) is 20.3 Å². The van der Waals surface area contributed by atoms with E-state index in [9.17, 15) is 23.1 Å². The van der Waals surface area contributed by atoms with Crippen molar-refractivity contribution in [3.05, 3.63) is 46.6 Å². The van der Waals surface area contributed by atoms with Crippen LogP contribution in [0.25, 0.3) is 0 Å². The zero-order valence-electron chi connectivity index (χ0n) is 20.7. The maximum Gasteiger partial charge on any atom is 0.416 e. The number of carbonyl (C=O) groups excluding carboxylic acids is 1. The van der Waals surface area contributed by atoms with Gasteiger partial charge < -0.3 is 9.84 Å². The Labute approximate surface area is 198 Å². The monoisotopic (exact) mass is 483 g/mol. The Kier molecular flexibility index (Phi) is 7.09. The van der Waals surface area contributed by atoms with Crippen molar-refractivity contribution in [1.29, 1.82) is 0 Å². The lowest BCUT2D eigenvalue weighted by Crippen LogP contribution is -2.31. The van der Waals surface area contributed by atoms with E-state index in [0.29, 0.717) is 18.0 Å². The number of alkyl halides is 3. The lowest BCUT2D eigenvalue weighted by Gasteiger charge is -2.27. The number of hydrogen-bond donors (Lipinski definition) is 1. The summed E-state index contributed by atoms with van der Waals surface area (Å²) >= 11 is 0. The highest BCUT2D eigenvalue weighted by molar-refractivity contribution is 5.97. The first-order valence-electron chi connectivity index (χ1n) is 11.5. The first-order valence-corrected chi connectivity index (χ1v) is 11.5. The standard InChI is InChI=1S/C25H34F3N3O3/c1-23(2,3)20-13-21(31(30(20)6)14-16-8-7-9-16)29-22(32)18-12-17(25(26,27)28)10-11-19(18)34-15-24(4,5)33/h10-13,16,33H,7-9,14-15H2,1-6H3/b29-21+/i6+2. The van der Waals surface area contributed by atoms with Gasteiger partial charge in [-0.25, -0.2) is 0 Å². The molecule has 188 valence electrons. The van der Waals surface area contributed by atoms with Crippen LogP contribution in [0.3, 0.4) is 0 Å². The number of aromatic nitrogens is 2. The first kappa shape index (κ1) is 26.1. The molecule has 0 radical (unpaired) electrons. The second-order valence-corrected chi connectivity index (χ2v) is 10.8. The maximum absolute atomic E-state index is 13.4. The number of aliphatic hydroxyl groups is 1. The van der Waals surface area contributed by atoms with Crippen LogP contribution in [0.1, 0.15) is 75.5 Å². The highest BCUT2D eigenvalue weighted by atomic mass is 19.4. The summed E-state index contributed by atoms with van der Waals surface area (Å²) in [6.45, 7) is 9.66. The minimum Gasteiger partial charge on any atom is -0.490 e. The fraction of sp³-hybridized carbons (Fsp3) is 0.600. The van der Waals surface area contributed by atoms with Gasteiger partial charge in [0, 0.05) is 30.8 Å². The Bertz CT molecular complexity index is 1110. The van der Waals surface area contributed by atoms with Crippen molar-refractivity contribution in [2.24, 2.45) is 18.0 Å². The predicted octanol–water partition coefficient (Wildman–Crippen LogP) is 4.83. The van der Waals surface area contributed by atoms with Gasteiger partial charge in [0.2, 0.25) is 0 Å². The maximum atomic E-state index is 13.4. The van der Waals surface area contributed by atoms with E-state index < -0.39 is 23.2 Å². The Morgan fingerprint density at radius 1 is 1.18 bits per heavy atom. The second kappa shape index (κ2) is 9.24. The third-order valence-electron chi connectivity index (χ3n) is 6.00. The molecular weight excluding hydrogens is 449 g/mol. The van der Waals surface area contributed by atoms with Crippen LogP contribution >= 0.6 is 0 Å². The topological polar surface area (TPSA) is 68.8 Å². The number of hydrogen-bond acceptors (Lipinski definition) is 3. The number of nitrogens with zero attached hydrogens (tertiary/aromatic N) is 3. The van der Waals surface area contributed by atoms with Gasteiger partial charge in [0.15, 0.2) is 5.49 Å². The van der Waals surface area contributed by atoms with E-state index in [2.05, 4.69) is 25.8 Å². The molecular formula is C25H34F3N3O3. The summed E-state index contributed by atoms with van der Waals surface area (Å²) < 4.78 is 49.5. The molecule has 0 atom stereocenters. The largest absolute Gasteiger partial charge is 0.490 e. The summed E-state index contributed by atoms with van der Waals surface area (Å²) in [6, 6.07) is 4.54. The second-order valence-electron chi connectivity index (χ2n) is 10.8. The van der Waals surface area contributed by atoms with Crippen molar-refractivity contribution in [2.45, 2.75) is 77.6 Å². The van der Waals surface area contributed by atoms with Crippen LogP contribution in [0.15, 0.2) is 29.3 Å². The molecule has 6 nitrogen and oxygen atoms in total. The molecule has 1 aromatic heterocycles. The highest BCUT2D eigenvalue weighted by Crippen LogP contribution is 2.33. The summed E-state index contributed by atoms with van der Waals surface area (Å²) in [5, 5.41) is 9.97. The van der Waals surface area contributed by atoms with Gasteiger partial charge in [-0.3, -0.25) is 14.2 Å². The molecule has 3 rings (SSSR count). The van der Waals surface area contributed by atoms with Gasteiger partial charge in [-0.15, -0.1) is 0 Å². The zero-order chi connectivity index (χ0) is 25.5. The number of benzene rings is 1. The third-order valence-corrected chi connectivity index (χ3v) is 6.00. The summed E-state index contributed by atoms with van der Waals surface area (Å²) in [4.78, 5) is 17.5. The molecule has 1 amide bonds. The van der Waals surface area contributed by atoms with Crippen LogP contribution in [-0.4, -0.2) is 32.6 Å². The zero-order valence-corrected chi connectivity index (χ0v) is 20.7. The van der Waals surface area contributed by atoms with Gasteiger partial charge in [-0.2, -0.15) is 18.2 Å². The van der Waals surface area contributed by atoms with Gasteiger partial charge in [-0.05, 0) is 50.8 Å². The quantitative estimate of drug-likeness (QED) is 0.640. The Balaban J connectivity index is 2.10. The normalized spacial score (nSPS) is 16.0. The Morgan fingerprint density at radius 3 is 2.32 bits per heavy atom. The fourth-order valence-corrected chi connectivity index (χ4v) is 3.92. The van der Waals surface area contributed by atoms with Gasteiger partial charge in [0.25, 0.3) is 5.91 Å². The molecule has 34 heavy (non-hydrogen) atoms. The van der Waals surface area contributed by atoms with E-state index in [0.717, 1.165) is 36.7 Å². The molecule has 0 bridgehead atoms. The van der Waals surface area contributed by atoms with E-state index in [-0.39, 0.29) is 23.3 Å². The molecule has 9 heteroatoms. The van der Waals surface area contributed by atoms with Crippen molar-refractivity contribution in [3.8, 4) is 5.75 Å². The van der Waals surface area contributed by atoms with Crippen molar-refractivity contribution >= 4 is 5.91 Å². The molecule has 1 fully saturated rings. The SMILES string of the molecule is CC(C)(O)COc1ccc(C(F)(F)F)cc1C(=O)/N=c1\cc(C(C)(C)C)n([14CH3])n1CC1CCC1. The van der Waals surface area contributed by atoms with E-state index in [1.54, 1.807) is 0 Å². The third kappa shape index (κ3) is 6.11. The average molecular weight is 484 g/mol. The smallest absolute Gasteiger partial charge is 0.416 e. The Hall–Kier alpha value is -2.55. The molecule has 1 N–H and O–H groups in total. The minimum absolute atomic E-state index is 0.0543. The fourth-order valence-electron chi connectivity index (χ4n) is 3.92. The van der Waals surface area contributed by atoms with Crippen LogP contribution in [0.2, 0.25) is 0 Å². The van der Waals surface area contributed by atoms with Crippen molar-refractivity contribution < 1.29 is 27.8 Å². The minimum atomic E-state index is -4.62. The average Bonchev–Trinajstić information content (AvgIpc) is 2.97. The van der Waals surface area contributed by atoms with Crippen LogP contribution in [0, 0.1) is 5.92 Å². The van der Waals surface area contributed by atoms with Crippen LogP contribution in [0.4, 0.5) is 13.2 Å².